The highest BCUT2D eigenvalue weighted by Crippen LogP contribution is 2.30. The van der Waals surface area contributed by atoms with E-state index in [0.29, 0.717) is 36.5 Å². The van der Waals surface area contributed by atoms with Gasteiger partial charge in [0.1, 0.15) is 5.75 Å². The van der Waals surface area contributed by atoms with Crippen LogP contribution in [0.1, 0.15) is 41.2 Å². The number of carbonyl (C=O) groups excluding carboxylic acids is 2. The second-order valence-corrected chi connectivity index (χ2v) is 4.84. The Morgan fingerprint density at radius 2 is 2.00 bits per heavy atom. The Morgan fingerprint density at radius 3 is 2.56 bits per heavy atom. The maximum Gasteiger partial charge on any atom is 0.305 e. The van der Waals surface area contributed by atoms with Crippen LogP contribution >= 0.6 is 11.3 Å². The molecule has 0 radical (unpaired) electrons. The molecule has 0 fully saturated rings. The summed E-state index contributed by atoms with van der Waals surface area (Å²) in [6.45, 7) is 3.91. The van der Waals surface area contributed by atoms with E-state index in [1.807, 2.05) is 6.92 Å². The minimum Gasteiger partial charge on any atom is -0.496 e. The number of ether oxygens (including phenoxy) is 2. The summed E-state index contributed by atoms with van der Waals surface area (Å²) in [5.41, 5.74) is 0. The average molecular weight is 270 g/mol. The van der Waals surface area contributed by atoms with Crippen molar-refractivity contribution >= 4 is 23.1 Å². The van der Waals surface area contributed by atoms with Crippen LogP contribution in [-0.2, 0) is 16.0 Å². The first-order valence-corrected chi connectivity index (χ1v) is 6.79. The molecule has 0 amide bonds. The quantitative estimate of drug-likeness (QED) is 0.564. The van der Waals surface area contributed by atoms with Crippen molar-refractivity contribution in [3.8, 4) is 5.75 Å². The van der Waals surface area contributed by atoms with Gasteiger partial charge < -0.3 is 9.47 Å². The molecule has 0 N–H and O–H groups in total. The van der Waals surface area contributed by atoms with E-state index in [1.165, 1.54) is 11.3 Å². The van der Waals surface area contributed by atoms with Crippen molar-refractivity contribution in [1.29, 1.82) is 0 Å². The van der Waals surface area contributed by atoms with Crippen molar-refractivity contribution in [2.24, 2.45) is 0 Å². The van der Waals surface area contributed by atoms with Gasteiger partial charge in [-0.3, -0.25) is 9.59 Å². The molecule has 1 aromatic heterocycles. The van der Waals surface area contributed by atoms with E-state index in [9.17, 15) is 9.59 Å². The van der Waals surface area contributed by atoms with Crippen molar-refractivity contribution in [1.82, 2.24) is 0 Å². The van der Waals surface area contributed by atoms with Gasteiger partial charge in [-0.05, 0) is 0 Å². The highest BCUT2D eigenvalue weighted by molar-refractivity contribution is 7.14. The zero-order chi connectivity index (χ0) is 13.5. The molecule has 5 heteroatoms. The smallest absolute Gasteiger partial charge is 0.305 e. The van der Waals surface area contributed by atoms with Crippen LogP contribution in [0.5, 0.6) is 5.75 Å². The summed E-state index contributed by atoms with van der Waals surface area (Å²) in [5, 5.41) is 0. The van der Waals surface area contributed by atoms with E-state index in [1.54, 1.807) is 20.1 Å². The van der Waals surface area contributed by atoms with E-state index < -0.39 is 0 Å². The highest BCUT2D eigenvalue weighted by Gasteiger charge is 2.14. The third kappa shape index (κ3) is 3.84. The van der Waals surface area contributed by atoms with E-state index in [4.69, 9.17) is 9.47 Å². The number of esters is 1. The van der Waals surface area contributed by atoms with Gasteiger partial charge in [-0.25, -0.2) is 0 Å². The summed E-state index contributed by atoms with van der Waals surface area (Å²) < 4.78 is 10.2. The minimum atomic E-state index is -0.213. The van der Waals surface area contributed by atoms with Crippen LogP contribution in [0.4, 0.5) is 0 Å². The lowest BCUT2D eigenvalue weighted by Gasteiger charge is -2.03. The average Bonchev–Trinajstić information content (AvgIpc) is 2.80. The standard InChI is InChI=1S/C13H18O4S/c1-4-9(14)12-8-10(16-3)11(18-12)6-7-17-13(15)5-2/h8H,4-7H2,1-3H3. The first-order valence-electron chi connectivity index (χ1n) is 5.97. The molecule has 0 saturated heterocycles. The number of carbonyl (C=O) groups is 2. The van der Waals surface area contributed by atoms with E-state index in [2.05, 4.69) is 0 Å². The summed E-state index contributed by atoms with van der Waals surface area (Å²) in [4.78, 5) is 24.2. The van der Waals surface area contributed by atoms with Crippen molar-refractivity contribution < 1.29 is 19.1 Å². The summed E-state index contributed by atoms with van der Waals surface area (Å²) in [6.07, 6.45) is 1.44. The number of methoxy groups -OCH3 is 1. The second-order valence-electron chi connectivity index (χ2n) is 3.70. The number of hydrogen-bond acceptors (Lipinski definition) is 5. The van der Waals surface area contributed by atoms with E-state index in [0.717, 1.165) is 4.88 Å². The molecule has 0 atom stereocenters. The van der Waals surface area contributed by atoms with Gasteiger partial charge >= 0.3 is 5.97 Å². The third-order valence-electron chi connectivity index (χ3n) is 2.47. The monoisotopic (exact) mass is 270 g/mol. The van der Waals surface area contributed by atoms with Gasteiger partial charge in [0.25, 0.3) is 0 Å². The van der Waals surface area contributed by atoms with Gasteiger partial charge in [-0.1, -0.05) is 13.8 Å². The van der Waals surface area contributed by atoms with Crippen LogP contribution in [0.15, 0.2) is 6.07 Å². The second kappa shape index (κ2) is 7.16. The summed E-state index contributed by atoms with van der Waals surface area (Å²) in [6, 6.07) is 1.76. The van der Waals surface area contributed by atoms with E-state index in [-0.39, 0.29) is 11.8 Å². The Hall–Kier alpha value is -1.36. The Morgan fingerprint density at radius 1 is 1.28 bits per heavy atom. The van der Waals surface area contributed by atoms with Crippen LogP contribution in [0, 0.1) is 0 Å². The molecule has 1 aromatic rings. The number of hydrogen-bond donors (Lipinski definition) is 0. The molecule has 0 aliphatic rings. The lowest BCUT2D eigenvalue weighted by molar-refractivity contribution is -0.143. The van der Waals surface area contributed by atoms with Crippen LogP contribution in [0.3, 0.4) is 0 Å². The molecular formula is C13H18O4S. The lowest BCUT2D eigenvalue weighted by Crippen LogP contribution is -2.05. The van der Waals surface area contributed by atoms with Crippen LogP contribution < -0.4 is 4.74 Å². The molecular weight excluding hydrogens is 252 g/mol. The van der Waals surface area contributed by atoms with Crippen molar-refractivity contribution in [2.45, 2.75) is 33.1 Å². The predicted molar refractivity (Wildman–Crippen MR) is 70.4 cm³/mol. The maximum atomic E-state index is 11.6. The topological polar surface area (TPSA) is 52.6 Å². The lowest BCUT2D eigenvalue weighted by atomic mass is 10.2. The van der Waals surface area contributed by atoms with Crippen LogP contribution in [0.25, 0.3) is 0 Å². The molecule has 1 heterocycles. The summed E-state index contributed by atoms with van der Waals surface area (Å²) in [7, 11) is 1.57. The SMILES string of the molecule is CCC(=O)OCCc1sc(C(=O)CC)cc1OC. The molecule has 0 bridgehead atoms. The van der Waals surface area contributed by atoms with Crippen molar-refractivity contribution in [3.63, 3.8) is 0 Å². The Bertz CT molecular complexity index is 423. The molecule has 0 aliphatic carbocycles. The minimum absolute atomic E-state index is 0.107. The Balaban J connectivity index is 2.66. The first kappa shape index (κ1) is 14.7. The molecule has 0 aliphatic heterocycles. The van der Waals surface area contributed by atoms with Crippen molar-refractivity contribution in [2.75, 3.05) is 13.7 Å². The predicted octanol–water partition coefficient (Wildman–Crippen LogP) is 2.85. The van der Waals surface area contributed by atoms with Crippen molar-refractivity contribution in [3.05, 3.63) is 15.8 Å². The molecule has 0 saturated carbocycles. The van der Waals surface area contributed by atoms with Gasteiger partial charge in [0.15, 0.2) is 5.78 Å². The van der Waals surface area contributed by atoms with Crippen LogP contribution in [-0.4, -0.2) is 25.5 Å². The van der Waals surface area contributed by atoms with Gasteiger partial charge in [0, 0.05) is 25.3 Å². The highest BCUT2D eigenvalue weighted by atomic mass is 32.1. The van der Waals surface area contributed by atoms with Crippen LogP contribution in [0.2, 0.25) is 0 Å². The normalized spacial score (nSPS) is 10.2. The number of rotatable bonds is 7. The fourth-order valence-electron chi connectivity index (χ4n) is 1.43. The summed E-state index contributed by atoms with van der Waals surface area (Å²) in [5.74, 6) is 0.592. The Kier molecular flexibility index (Phi) is 5.85. The van der Waals surface area contributed by atoms with Gasteiger partial charge in [0.2, 0.25) is 0 Å². The fraction of sp³-hybridized carbons (Fsp3) is 0.538. The van der Waals surface area contributed by atoms with Gasteiger partial charge in [-0.2, -0.15) is 0 Å². The maximum absolute atomic E-state index is 11.6. The molecule has 100 valence electrons. The van der Waals surface area contributed by atoms with Gasteiger partial charge in [0.05, 0.1) is 23.5 Å². The number of ketones is 1. The summed E-state index contributed by atoms with van der Waals surface area (Å²) >= 11 is 1.41. The number of Topliss-reactive ketones (excluding diaryl/α,β-unsaturated/α-hetero) is 1. The van der Waals surface area contributed by atoms with E-state index >= 15 is 0 Å². The molecule has 1 rings (SSSR count). The Labute approximate surface area is 111 Å². The first-order chi connectivity index (χ1) is 8.62. The molecule has 0 unspecified atom stereocenters. The zero-order valence-corrected chi connectivity index (χ0v) is 11.8. The van der Waals surface area contributed by atoms with Gasteiger partial charge in [-0.15, -0.1) is 11.3 Å². The third-order valence-corrected chi connectivity index (χ3v) is 3.68. The molecule has 0 aromatic carbocycles. The zero-order valence-electron chi connectivity index (χ0n) is 10.9. The fourth-order valence-corrected chi connectivity index (χ4v) is 2.55. The number of thiophene rings is 1. The molecule has 4 nitrogen and oxygen atoms in total. The molecule has 18 heavy (non-hydrogen) atoms. The molecule has 0 spiro atoms. The largest absolute Gasteiger partial charge is 0.496 e.